The first kappa shape index (κ1) is 18.8. The highest BCUT2D eigenvalue weighted by atomic mass is 32.1. The molecule has 1 aliphatic carbocycles. The fourth-order valence-corrected chi connectivity index (χ4v) is 3.89. The van der Waals surface area contributed by atoms with Crippen LogP contribution in [0.5, 0.6) is 0 Å². The van der Waals surface area contributed by atoms with E-state index in [-0.39, 0.29) is 0 Å². The summed E-state index contributed by atoms with van der Waals surface area (Å²) in [5.74, 6) is 0. The van der Waals surface area contributed by atoms with Crippen LogP contribution in [0.4, 0.5) is 9.80 Å². The second-order valence-corrected chi connectivity index (χ2v) is 8.32. The topological polar surface area (TPSA) is 64.5 Å². The van der Waals surface area contributed by atoms with E-state index >= 15 is 0 Å². The number of aromatic nitrogens is 2. The van der Waals surface area contributed by atoms with Gasteiger partial charge in [0.15, 0.2) is 5.72 Å². The first-order valence-electron chi connectivity index (χ1n) is 8.81. The van der Waals surface area contributed by atoms with Crippen LogP contribution >= 0.6 is 11.3 Å². The standard InChI is InChI=1S/C19H25N3O3S/c1-6-24-19(9-10-19)22(17(23)25-18(3,4)5)16-13(2)21-15(26-16)14-8-7-11-20-12-14/h7-8,11-12H,6,9-10H2,1-5H3. The van der Waals surface area contributed by atoms with Gasteiger partial charge in [0.1, 0.15) is 15.6 Å². The van der Waals surface area contributed by atoms with Gasteiger partial charge < -0.3 is 9.47 Å². The summed E-state index contributed by atoms with van der Waals surface area (Å²) in [5.41, 5.74) is 0.506. The molecule has 6 nitrogen and oxygen atoms in total. The van der Waals surface area contributed by atoms with Crippen molar-refractivity contribution in [2.45, 2.75) is 58.8 Å². The monoisotopic (exact) mass is 375 g/mol. The number of anilines is 1. The third kappa shape index (κ3) is 3.88. The van der Waals surface area contributed by atoms with Crippen molar-refractivity contribution in [1.29, 1.82) is 0 Å². The van der Waals surface area contributed by atoms with Gasteiger partial charge in [-0.3, -0.25) is 4.98 Å². The molecule has 0 atom stereocenters. The van der Waals surface area contributed by atoms with Gasteiger partial charge in [0.2, 0.25) is 0 Å². The fourth-order valence-electron chi connectivity index (χ4n) is 2.76. The van der Waals surface area contributed by atoms with E-state index in [0.717, 1.165) is 34.1 Å². The number of pyridine rings is 1. The Morgan fingerprint density at radius 2 is 2.12 bits per heavy atom. The number of carbonyl (C=O) groups is 1. The SMILES string of the molecule is CCOC1(N(C(=O)OC(C)(C)C)c2sc(-c3cccnc3)nc2C)CC1. The minimum atomic E-state index is -0.624. The molecular weight excluding hydrogens is 350 g/mol. The highest BCUT2D eigenvalue weighted by Gasteiger charge is 2.54. The quantitative estimate of drug-likeness (QED) is 0.704. The lowest BCUT2D eigenvalue weighted by Gasteiger charge is -2.32. The summed E-state index contributed by atoms with van der Waals surface area (Å²) in [6.07, 6.45) is 4.69. The van der Waals surface area contributed by atoms with E-state index in [9.17, 15) is 4.79 Å². The molecule has 2 aromatic heterocycles. The highest BCUT2D eigenvalue weighted by Crippen LogP contribution is 2.49. The van der Waals surface area contributed by atoms with Crippen LogP contribution in [-0.2, 0) is 9.47 Å². The number of rotatable bonds is 5. The second kappa shape index (κ2) is 6.96. The lowest BCUT2D eigenvalue weighted by molar-refractivity contribution is 0.0166. The zero-order chi connectivity index (χ0) is 18.9. The summed E-state index contributed by atoms with van der Waals surface area (Å²) in [5, 5.41) is 1.59. The summed E-state index contributed by atoms with van der Waals surface area (Å²) in [4.78, 5) is 23.5. The van der Waals surface area contributed by atoms with E-state index in [4.69, 9.17) is 9.47 Å². The van der Waals surface area contributed by atoms with Crippen LogP contribution in [0.15, 0.2) is 24.5 Å². The van der Waals surface area contributed by atoms with Crippen molar-refractivity contribution in [2.24, 2.45) is 0 Å². The molecule has 1 aliphatic rings. The lowest BCUT2D eigenvalue weighted by atomic mass is 10.2. The molecule has 0 aliphatic heterocycles. The van der Waals surface area contributed by atoms with Crippen LogP contribution < -0.4 is 4.90 Å². The Bertz CT molecular complexity index is 779. The number of hydrogen-bond donors (Lipinski definition) is 0. The number of aryl methyl sites for hydroxylation is 1. The Hall–Kier alpha value is -1.99. The predicted molar refractivity (Wildman–Crippen MR) is 102 cm³/mol. The van der Waals surface area contributed by atoms with Crippen LogP contribution in [-0.4, -0.2) is 34.0 Å². The normalized spacial score (nSPS) is 15.6. The van der Waals surface area contributed by atoms with Crippen molar-refractivity contribution < 1.29 is 14.3 Å². The Morgan fingerprint density at radius 3 is 2.65 bits per heavy atom. The van der Waals surface area contributed by atoms with Gasteiger partial charge >= 0.3 is 6.09 Å². The molecule has 0 spiro atoms. The molecule has 0 aromatic carbocycles. The first-order valence-corrected chi connectivity index (χ1v) is 9.62. The number of ether oxygens (including phenoxy) is 2. The Balaban J connectivity index is 2.00. The predicted octanol–water partition coefficient (Wildman–Crippen LogP) is 4.78. The zero-order valence-electron chi connectivity index (χ0n) is 15.9. The van der Waals surface area contributed by atoms with Gasteiger partial charge in [-0.05, 0) is 46.8 Å². The molecule has 0 radical (unpaired) electrons. The van der Waals surface area contributed by atoms with Crippen LogP contribution in [0.3, 0.4) is 0 Å². The van der Waals surface area contributed by atoms with E-state index in [1.54, 1.807) is 17.3 Å². The summed E-state index contributed by atoms with van der Waals surface area (Å²) in [7, 11) is 0. The van der Waals surface area contributed by atoms with E-state index in [1.807, 2.05) is 46.8 Å². The molecule has 140 valence electrons. The molecule has 2 aromatic rings. The molecule has 2 heterocycles. The highest BCUT2D eigenvalue weighted by molar-refractivity contribution is 7.19. The summed E-state index contributed by atoms with van der Waals surface area (Å²) in [6, 6.07) is 3.84. The number of hydrogen-bond acceptors (Lipinski definition) is 6. The molecule has 0 N–H and O–H groups in total. The van der Waals surface area contributed by atoms with Crippen molar-refractivity contribution in [3.05, 3.63) is 30.2 Å². The average Bonchev–Trinajstić information content (AvgIpc) is 3.23. The maximum atomic E-state index is 13.0. The Morgan fingerprint density at radius 1 is 1.38 bits per heavy atom. The Labute approximate surface area is 158 Å². The maximum Gasteiger partial charge on any atom is 0.417 e. The van der Waals surface area contributed by atoms with E-state index in [1.165, 1.54) is 11.3 Å². The largest absolute Gasteiger partial charge is 0.443 e. The van der Waals surface area contributed by atoms with Crippen LogP contribution in [0, 0.1) is 6.92 Å². The molecule has 0 unspecified atom stereocenters. The van der Waals surface area contributed by atoms with Gasteiger partial charge in [0.05, 0.1) is 5.69 Å². The summed E-state index contributed by atoms with van der Waals surface area (Å²) >= 11 is 1.46. The minimum absolute atomic E-state index is 0.395. The van der Waals surface area contributed by atoms with Crippen molar-refractivity contribution in [3.8, 4) is 10.6 Å². The summed E-state index contributed by atoms with van der Waals surface area (Å²) in [6.45, 7) is 9.98. The number of nitrogens with zero attached hydrogens (tertiary/aromatic N) is 3. The van der Waals surface area contributed by atoms with Crippen LogP contribution in [0.2, 0.25) is 0 Å². The van der Waals surface area contributed by atoms with Crippen molar-refractivity contribution in [3.63, 3.8) is 0 Å². The number of carbonyl (C=O) groups excluding carboxylic acids is 1. The third-order valence-electron chi connectivity index (χ3n) is 3.96. The van der Waals surface area contributed by atoms with Crippen LogP contribution in [0.25, 0.3) is 10.6 Å². The molecule has 1 amide bonds. The van der Waals surface area contributed by atoms with Gasteiger partial charge in [-0.25, -0.2) is 14.7 Å². The van der Waals surface area contributed by atoms with E-state index < -0.39 is 17.4 Å². The fraction of sp³-hybridized carbons (Fsp3) is 0.526. The number of thiazole rings is 1. The summed E-state index contributed by atoms with van der Waals surface area (Å²) < 4.78 is 11.6. The average molecular weight is 375 g/mol. The lowest BCUT2D eigenvalue weighted by Crippen LogP contribution is -2.46. The molecular formula is C19H25N3O3S. The first-order chi connectivity index (χ1) is 12.3. The van der Waals surface area contributed by atoms with Gasteiger partial charge in [-0.15, -0.1) is 0 Å². The van der Waals surface area contributed by atoms with Gasteiger partial charge in [-0.2, -0.15) is 0 Å². The molecule has 26 heavy (non-hydrogen) atoms. The number of amides is 1. The zero-order valence-corrected chi connectivity index (χ0v) is 16.7. The second-order valence-electron chi connectivity index (χ2n) is 7.35. The third-order valence-corrected chi connectivity index (χ3v) is 5.15. The van der Waals surface area contributed by atoms with Crippen LogP contribution in [0.1, 0.15) is 46.2 Å². The Kier molecular flexibility index (Phi) is 5.03. The van der Waals surface area contributed by atoms with E-state index in [2.05, 4.69) is 9.97 Å². The van der Waals surface area contributed by atoms with Crippen molar-refractivity contribution in [2.75, 3.05) is 11.5 Å². The molecule has 3 rings (SSSR count). The molecule has 0 bridgehead atoms. The van der Waals surface area contributed by atoms with E-state index in [0.29, 0.717) is 6.61 Å². The van der Waals surface area contributed by atoms with Gasteiger partial charge in [-0.1, -0.05) is 11.3 Å². The molecule has 0 saturated heterocycles. The molecule has 1 saturated carbocycles. The van der Waals surface area contributed by atoms with Crippen molar-refractivity contribution in [1.82, 2.24) is 9.97 Å². The maximum absolute atomic E-state index is 13.0. The molecule has 7 heteroatoms. The molecule has 1 fully saturated rings. The van der Waals surface area contributed by atoms with Gasteiger partial charge in [0, 0.05) is 37.4 Å². The smallest absolute Gasteiger partial charge is 0.417 e. The van der Waals surface area contributed by atoms with Gasteiger partial charge in [0.25, 0.3) is 0 Å². The van der Waals surface area contributed by atoms with Crippen molar-refractivity contribution >= 4 is 22.4 Å². The minimum Gasteiger partial charge on any atom is -0.443 e.